The number of hydrogen-bond acceptors (Lipinski definition) is 5. The van der Waals surface area contributed by atoms with Crippen molar-refractivity contribution in [1.82, 2.24) is 14.1 Å². The summed E-state index contributed by atoms with van der Waals surface area (Å²) >= 11 is 0. The smallest absolute Gasteiger partial charge is 0.254 e. The van der Waals surface area contributed by atoms with Crippen molar-refractivity contribution in [3.63, 3.8) is 0 Å². The Kier molecular flexibility index (Phi) is 5.43. The highest BCUT2D eigenvalue weighted by Gasteiger charge is 2.29. The van der Waals surface area contributed by atoms with Crippen molar-refractivity contribution in [3.05, 3.63) is 29.8 Å². The lowest BCUT2D eigenvalue weighted by Crippen LogP contribution is -2.47. The minimum atomic E-state index is -3.57. The second-order valence-electron chi connectivity index (χ2n) is 6.66. The molecule has 0 aliphatic carbocycles. The average Bonchev–Trinajstić information content (AvgIpc) is 2.62. The summed E-state index contributed by atoms with van der Waals surface area (Å²) in [6.45, 7) is 5.83. The van der Waals surface area contributed by atoms with Crippen LogP contribution in [0.1, 0.15) is 17.3 Å². The van der Waals surface area contributed by atoms with Gasteiger partial charge >= 0.3 is 0 Å². The summed E-state index contributed by atoms with van der Waals surface area (Å²) in [5.74, 6) is -0.147. The highest BCUT2D eigenvalue weighted by Crippen LogP contribution is 2.20. The molecule has 138 valence electrons. The summed E-state index contributed by atoms with van der Waals surface area (Å²) < 4.78 is 32.6. The van der Waals surface area contributed by atoms with Crippen LogP contribution < -0.4 is 0 Å². The fraction of sp³-hybridized carbons (Fsp3) is 0.588. The Morgan fingerprint density at radius 2 is 1.88 bits per heavy atom. The first kappa shape index (κ1) is 18.3. The fourth-order valence-corrected chi connectivity index (χ4v) is 4.63. The van der Waals surface area contributed by atoms with Crippen molar-refractivity contribution in [3.8, 4) is 0 Å². The number of hydrogen-bond donors (Lipinski definition) is 0. The molecule has 1 atom stereocenters. The van der Waals surface area contributed by atoms with Gasteiger partial charge in [0.25, 0.3) is 5.91 Å². The Morgan fingerprint density at radius 1 is 1.16 bits per heavy atom. The van der Waals surface area contributed by atoms with Crippen LogP contribution in [0.25, 0.3) is 0 Å². The first-order valence-electron chi connectivity index (χ1n) is 8.57. The van der Waals surface area contributed by atoms with Crippen LogP contribution in [0.15, 0.2) is 29.2 Å². The average molecular weight is 367 g/mol. The molecule has 0 saturated carbocycles. The number of rotatable bonds is 3. The largest absolute Gasteiger partial charge is 0.377 e. The predicted octanol–water partition coefficient (Wildman–Crippen LogP) is 0.484. The highest BCUT2D eigenvalue weighted by molar-refractivity contribution is 7.89. The van der Waals surface area contributed by atoms with E-state index in [1.54, 1.807) is 23.1 Å². The van der Waals surface area contributed by atoms with Gasteiger partial charge in [0.1, 0.15) is 0 Å². The van der Waals surface area contributed by atoms with E-state index in [4.69, 9.17) is 4.74 Å². The number of benzene rings is 1. The Morgan fingerprint density at radius 3 is 2.56 bits per heavy atom. The summed E-state index contributed by atoms with van der Waals surface area (Å²) in [5.41, 5.74) is 0.406. The van der Waals surface area contributed by atoms with Gasteiger partial charge in [-0.05, 0) is 32.2 Å². The molecule has 0 radical (unpaired) electrons. The van der Waals surface area contributed by atoms with Gasteiger partial charge in [0.15, 0.2) is 0 Å². The first-order valence-corrected chi connectivity index (χ1v) is 10.0. The van der Waals surface area contributed by atoms with E-state index in [-0.39, 0.29) is 16.8 Å². The molecule has 2 heterocycles. The van der Waals surface area contributed by atoms with Crippen LogP contribution in [0.3, 0.4) is 0 Å². The van der Waals surface area contributed by atoms with Crippen molar-refractivity contribution in [1.29, 1.82) is 0 Å². The quantitative estimate of drug-likeness (QED) is 0.777. The van der Waals surface area contributed by atoms with Crippen molar-refractivity contribution in [2.24, 2.45) is 0 Å². The van der Waals surface area contributed by atoms with Crippen LogP contribution in [-0.2, 0) is 14.8 Å². The predicted molar refractivity (Wildman–Crippen MR) is 94.0 cm³/mol. The maximum absolute atomic E-state index is 12.9. The molecule has 2 aliphatic rings. The second-order valence-corrected chi connectivity index (χ2v) is 8.60. The maximum Gasteiger partial charge on any atom is 0.254 e. The van der Waals surface area contributed by atoms with Crippen molar-refractivity contribution in [2.45, 2.75) is 17.9 Å². The van der Waals surface area contributed by atoms with Crippen molar-refractivity contribution in [2.75, 3.05) is 53.0 Å². The van der Waals surface area contributed by atoms with Crippen molar-refractivity contribution < 1.29 is 17.9 Å². The minimum absolute atomic E-state index is 0.0147. The molecule has 1 aromatic carbocycles. The number of morpholine rings is 1. The molecule has 0 aromatic heterocycles. The molecule has 2 saturated heterocycles. The summed E-state index contributed by atoms with van der Waals surface area (Å²) in [6.07, 6.45) is 0. The molecule has 8 heteroatoms. The molecule has 1 amide bonds. The zero-order valence-corrected chi connectivity index (χ0v) is 15.5. The summed E-state index contributed by atoms with van der Waals surface area (Å²) in [4.78, 5) is 16.8. The lowest BCUT2D eigenvalue weighted by molar-refractivity contribution is 0.00358. The van der Waals surface area contributed by atoms with E-state index < -0.39 is 10.0 Å². The van der Waals surface area contributed by atoms with Gasteiger partial charge in [-0.1, -0.05) is 6.07 Å². The number of ether oxygens (including phenoxy) is 1. The number of carbonyl (C=O) groups excluding carboxylic acids is 1. The van der Waals surface area contributed by atoms with Crippen LogP contribution in [0.5, 0.6) is 0 Å². The van der Waals surface area contributed by atoms with E-state index in [1.807, 2.05) is 14.0 Å². The Hall–Kier alpha value is -1.48. The zero-order chi connectivity index (χ0) is 18.0. The Labute approximate surface area is 149 Å². The van der Waals surface area contributed by atoms with Gasteiger partial charge in [0.2, 0.25) is 10.0 Å². The van der Waals surface area contributed by atoms with E-state index in [1.165, 1.54) is 10.4 Å². The van der Waals surface area contributed by atoms with Gasteiger partial charge in [0, 0.05) is 38.3 Å². The van der Waals surface area contributed by atoms with Gasteiger partial charge in [-0.25, -0.2) is 8.42 Å². The molecular formula is C17H25N3O4S. The molecule has 7 nitrogen and oxygen atoms in total. The van der Waals surface area contributed by atoms with Gasteiger partial charge < -0.3 is 14.5 Å². The third kappa shape index (κ3) is 3.87. The van der Waals surface area contributed by atoms with Crippen LogP contribution in [0.2, 0.25) is 0 Å². The number of carbonyl (C=O) groups is 1. The van der Waals surface area contributed by atoms with E-state index in [0.29, 0.717) is 51.5 Å². The third-order valence-corrected chi connectivity index (χ3v) is 6.70. The van der Waals surface area contributed by atoms with E-state index >= 15 is 0 Å². The van der Waals surface area contributed by atoms with Gasteiger partial charge in [-0.3, -0.25) is 4.79 Å². The molecular weight excluding hydrogens is 342 g/mol. The van der Waals surface area contributed by atoms with Crippen LogP contribution in [0, 0.1) is 0 Å². The van der Waals surface area contributed by atoms with E-state index in [2.05, 4.69) is 4.90 Å². The summed E-state index contributed by atoms with van der Waals surface area (Å²) in [6, 6.07) is 6.36. The normalized spacial score (nSPS) is 23.6. The molecule has 25 heavy (non-hydrogen) atoms. The topological polar surface area (TPSA) is 70.2 Å². The summed E-state index contributed by atoms with van der Waals surface area (Å²) in [7, 11) is -1.60. The summed E-state index contributed by atoms with van der Waals surface area (Å²) in [5, 5.41) is 0. The number of likely N-dealkylation sites (N-methyl/N-ethyl adjacent to an activating group) is 1. The van der Waals surface area contributed by atoms with E-state index in [9.17, 15) is 13.2 Å². The molecule has 0 bridgehead atoms. The van der Waals surface area contributed by atoms with E-state index in [0.717, 1.165) is 0 Å². The Balaban J connectivity index is 1.82. The molecule has 0 unspecified atom stereocenters. The zero-order valence-electron chi connectivity index (χ0n) is 14.7. The van der Waals surface area contributed by atoms with Crippen LogP contribution in [-0.4, -0.2) is 87.5 Å². The van der Waals surface area contributed by atoms with Gasteiger partial charge in [-0.15, -0.1) is 0 Å². The number of nitrogens with zero attached hydrogens (tertiary/aromatic N) is 3. The molecule has 2 aliphatic heterocycles. The fourth-order valence-electron chi connectivity index (χ4n) is 3.16. The molecule has 0 N–H and O–H groups in total. The number of piperazine rings is 1. The third-order valence-electron chi connectivity index (χ3n) is 4.81. The lowest BCUT2D eigenvalue weighted by Gasteiger charge is -2.33. The van der Waals surface area contributed by atoms with Crippen LogP contribution in [0.4, 0.5) is 0 Å². The monoisotopic (exact) mass is 367 g/mol. The maximum atomic E-state index is 12.9. The van der Waals surface area contributed by atoms with Crippen molar-refractivity contribution >= 4 is 15.9 Å². The van der Waals surface area contributed by atoms with Gasteiger partial charge in [-0.2, -0.15) is 4.31 Å². The first-order chi connectivity index (χ1) is 11.9. The highest BCUT2D eigenvalue weighted by atomic mass is 32.2. The molecule has 2 fully saturated rings. The number of sulfonamides is 1. The van der Waals surface area contributed by atoms with Crippen LogP contribution >= 0.6 is 0 Å². The minimum Gasteiger partial charge on any atom is -0.377 e. The second kappa shape index (κ2) is 7.41. The lowest BCUT2D eigenvalue weighted by atomic mass is 10.1. The van der Waals surface area contributed by atoms with Gasteiger partial charge in [0.05, 0.1) is 24.2 Å². The Bertz CT molecular complexity index is 729. The molecule has 3 rings (SSSR count). The SMILES string of the molecule is C[C@H]1COCCN1C(=O)c1cccc(S(=O)(=O)N2CCN(C)CC2)c1. The number of amides is 1. The molecule has 1 aromatic rings. The molecule has 0 spiro atoms. The standard InChI is InChI=1S/C17H25N3O4S/c1-14-13-24-11-10-20(14)17(21)15-4-3-5-16(12-15)25(22,23)19-8-6-18(2)7-9-19/h3-5,12,14H,6-11,13H2,1-2H3/t14-/m0/s1.